The van der Waals surface area contributed by atoms with Gasteiger partial charge in [-0.3, -0.25) is 19.4 Å². The van der Waals surface area contributed by atoms with E-state index in [1.54, 1.807) is 46.7 Å². The molecule has 2 aromatic carbocycles. The molecular formula is C34H31ClF3N7O5. The Kier molecular flexibility index (Phi) is 8.00. The molecule has 3 aromatic heterocycles. The number of amides is 2. The number of rotatable bonds is 5. The number of pyridine rings is 1. The molecule has 1 saturated heterocycles. The number of likely N-dealkylation sites (tertiary alicyclic amines) is 1. The summed E-state index contributed by atoms with van der Waals surface area (Å²) in [6.45, 7) is 2.31. The second kappa shape index (κ2) is 12.0. The van der Waals surface area contributed by atoms with E-state index in [2.05, 4.69) is 20.3 Å². The van der Waals surface area contributed by atoms with E-state index in [-0.39, 0.29) is 51.3 Å². The van der Waals surface area contributed by atoms with Crippen LogP contribution in [-0.4, -0.2) is 63.4 Å². The minimum absolute atomic E-state index is 0.00406. The van der Waals surface area contributed by atoms with Crippen LogP contribution in [0.3, 0.4) is 0 Å². The van der Waals surface area contributed by atoms with Crippen molar-refractivity contribution in [1.29, 1.82) is 0 Å². The first-order valence-electron chi connectivity index (χ1n) is 15.9. The highest BCUT2D eigenvalue weighted by Gasteiger charge is 2.49. The van der Waals surface area contributed by atoms with E-state index in [0.717, 1.165) is 18.2 Å². The molecule has 12 nitrogen and oxygen atoms in total. The first-order chi connectivity index (χ1) is 23.7. The van der Waals surface area contributed by atoms with E-state index in [0.29, 0.717) is 60.5 Å². The molecule has 0 saturated carbocycles. The summed E-state index contributed by atoms with van der Waals surface area (Å²) < 4.78 is 46.4. The molecule has 1 aliphatic carbocycles. The van der Waals surface area contributed by atoms with Crippen LogP contribution in [0.5, 0.6) is 0 Å². The van der Waals surface area contributed by atoms with E-state index in [4.69, 9.17) is 16.0 Å². The maximum absolute atomic E-state index is 14.4. The predicted molar refractivity (Wildman–Crippen MR) is 180 cm³/mol. The molecule has 0 bridgehead atoms. The molecule has 0 radical (unpaired) electrons. The molecule has 2 N–H and O–H groups in total. The van der Waals surface area contributed by atoms with Crippen LogP contribution >= 0.6 is 11.6 Å². The van der Waals surface area contributed by atoms with Gasteiger partial charge in [0.15, 0.2) is 16.7 Å². The monoisotopic (exact) mass is 709 g/mol. The summed E-state index contributed by atoms with van der Waals surface area (Å²) in [5.74, 6) is -1.27. The van der Waals surface area contributed by atoms with Crippen LogP contribution in [0.1, 0.15) is 59.3 Å². The van der Waals surface area contributed by atoms with Gasteiger partial charge >= 0.3 is 11.9 Å². The van der Waals surface area contributed by atoms with Crippen molar-refractivity contribution in [2.45, 2.75) is 50.2 Å². The van der Waals surface area contributed by atoms with E-state index < -0.39 is 28.8 Å². The first kappa shape index (κ1) is 33.3. The van der Waals surface area contributed by atoms with Crippen LogP contribution in [0.25, 0.3) is 22.3 Å². The minimum Gasteiger partial charge on any atom is -0.408 e. The number of aromatic amines is 1. The second-order valence-corrected chi connectivity index (χ2v) is 13.5. The number of fused-ring (bicyclic) bond motifs is 4. The third kappa shape index (κ3) is 5.58. The molecule has 2 amide bonds. The number of halogens is 4. The lowest BCUT2D eigenvalue weighted by Crippen LogP contribution is -2.46. The Morgan fingerprint density at radius 2 is 1.90 bits per heavy atom. The van der Waals surface area contributed by atoms with E-state index >= 15 is 0 Å². The van der Waals surface area contributed by atoms with Gasteiger partial charge in [0.05, 0.1) is 33.6 Å². The molecule has 16 heteroatoms. The number of hydrogen-bond acceptors (Lipinski definition) is 8. The molecule has 4 heterocycles. The maximum Gasteiger partial charge on any atom is 0.417 e. The number of carbonyl (C=O) groups is 2. The Bertz CT molecular complexity index is 2320. The lowest BCUT2D eigenvalue weighted by atomic mass is 9.73. The zero-order chi connectivity index (χ0) is 35.7. The van der Waals surface area contributed by atoms with Gasteiger partial charge in [-0.15, -0.1) is 0 Å². The first-order valence-corrected chi connectivity index (χ1v) is 16.2. The number of nitrogens with one attached hydrogen (secondary N) is 2. The van der Waals surface area contributed by atoms with Crippen LogP contribution < -0.4 is 21.4 Å². The SMILES string of the molecule is C[C@H]1CC2(CCN(C(=O)c3cccc4oc(=O)[nH]c34)CC2)c2c1n(CC(=O)Nc1ccc(C(F)(F)F)cc1Cl)c1ncc(N(C)C)nc1c2=O. The quantitative estimate of drug-likeness (QED) is 0.251. The largest absolute Gasteiger partial charge is 0.417 e. The molecule has 1 spiro atoms. The third-order valence-electron chi connectivity index (χ3n) is 9.70. The number of para-hydroxylation sites is 1. The van der Waals surface area contributed by atoms with Gasteiger partial charge in [-0.1, -0.05) is 24.6 Å². The summed E-state index contributed by atoms with van der Waals surface area (Å²) in [6, 6.07) is 7.55. The van der Waals surface area contributed by atoms with Crippen molar-refractivity contribution in [3.8, 4) is 0 Å². The van der Waals surface area contributed by atoms with Crippen molar-refractivity contribution in [3.63, 3.8) is 0 Å². The van der Waals surface area contributed by atoms with Crippen molar-refractivity contribution in [2.75, 3.05) is 37.4 Å². The van der Waals surface area contributed by atoms with Gasteiger partial charge in [-0.2, -0.15) is 13.2 Å². The number of hydrogen-bond donors (Lipinski definition) is 2. The molecule has 2 aliphatic rings. The molecule has 260 valence electrons. The van der Waals surface area contributed by atoms with Gasteiger partial charge in [-0.05, 0) is 55.5 Å². The highest BCUT2D eigenvalue weighted by molar-refractivity contribution is 6.33. The second-order valence-electron chi connectivity index (χ2n) is 13.1. The normalized spacial score (nSPS) is 17.0. The fraction of sp³-hybridized carbons (Fsp3) is 0.353. The molecular weight excluding hydrogens is 679 g/mol. The minimum atomic E-state index is -4.60. The number of piperidine rings is 1. The van der Waals surface area contributed by atoms with Crippen LogP contribution in [0.2, 0.25) is 5.02 Å². The van der Waals surface area contributed by atoms with E-state index in [9.17, 15) is 32.3 Å². The van der Waals surface area contributed by atoms with Gasteiger partial charge in [0.2, 0.25) is 11.3 Å². The highest BCUT2D eigenvalue weighted by atomic mass is 35.5. The van der Waals surface area contributed by atoms with Crippen molar-refractivity contribution in [3.05, 3.63) is 90.8 Å². The number of H-pyrrole nitrogens is 1. The molecule has 0 unspecified atom stereocenters. The van der Waals surface area contributed by atoms with Crippen LogP contribution in [-0.2, 0) is 22.9 Å². The molecule has 1 aliphatic heterocycles. The molecule has 5 aromatic rings. The van der Waals surface area contributed by atoms with Gasteiger partial charge in [0.1, 0.15) is 12.4 Å². The number of anilines is 2. The van der Waals surface area contributed by atoms with Crippen LogP contribution in [0.4, 0.5) is 24.7 Å². The van der Waals surface area contributed by atoms with E-state index in [1.165, 1.54) is 6.20 Å². The van der Waals surface area contributed by atoms with E-state index in [1.807, 2.05) is 6.92 Å². The number of nitrogens with zero attached hydrogens (tertiary/aromatic N) is 5. The van der Waals surface area contributed by atoms with Crippen molar-refractivity contribution < 1.29 is 27.2 Å². The summed E-state index contributed by atoms with van der Waals surface area (Å²) in [5, 5.41) is 2.33. The van der Waals surface area contributed by atoms with Gasteiger partial charge in [-0.25, -0.2) is 14.8 Å². The van der Waals surface area contributed by atoms with Crippen molar-refractivity contribution in [1.82, 2.24) is 24.4 Å². The standard InChI is InChI=1S/C34H31ClF3N7O5/c1-17-14-33(9-11-44(12-10-33)31(48)19-5-4-6-22-26(19)42-32(49)50-22)25-28(17)45(30-27(29(25)47)41-23(15-39-30)43(2)3)16-24(46)40-21-8-7-18(13-20(21)35)34(36,37)38/h4-8,13,15,17H,9-12,14,16H2,1-3H3,(H,40,46)(H,42,49)/t17-/m0/s1. The Balaban J connectivity index is 1.25. The Morgan fingerprint density at radius 3 is 2.58 bits per heavy atom. The summed E-state index contributed by atoms with van der Waals surface area (Å²) in [7, 11) is 3.53. The molecule has 1 atom stereocenters. The topological polar surface area (TPSA) is 146 Å². The number of aromatic nitrogens is 4. The number of alkyl halides is 3. The zero-order valence-electron chi connectivity index (χ0n) is 27.2. The Morgan fingerprint density at radius 1 is 1.16 bits per heavy atom. The van der Waals surface area contributed by atoms with Crippen molar-refractivity contribution >= 4 is 57.2 Å². The average Bonchev–Trinajstić information content (AvgIpc) is 3.59. The smallest absolute Gasteiger partial charge is 0.408 e. The Labute approximate surface area is 286 Å². The summed E-state index contributed by atoms with van der Waals surface area (Å²) in [5.41, 5.74) is 0.483. The summed E-state index contributed by atoms with van der Waals surface area (Å²) >= 11 is 6.12. The van der Waals surface area contributed by atoms with Crippen LogP contribution in [0.15, 0.2) is 56.6 Å². The summed E-state index contributed by atoms with van der Waals surface area (Å²) in [4.78, 5) is 68.6. The lowest BCUT2D eigenvalue weighted by molar-refractivity contribution is -0.137. The number of carbonyl (C=O) groups excluding carboxylic acids is 2. The highest BCUT2D eigenvalue weighted by Crippen LogP contribution is 2.51. The molecule has 1 fully saturated rings. The summed E-state index contributed by atoms with van der Waals surface area (Å²) in [6.07, 6.45) is -1.60. The maximum atomic E-state index is 14.4. The zero-order valence-corrected chi connectivity index (χ0v) is 27.9. The third-order valence-corrected chi connectivity index (χ3v) is 10.0. The fourth-order valence-corrected chi connectivity index (χ4v) is 7.66. The van der Waals surface area contributed by atoms with Crippen LogP contribution in [0, 0.1) is 0 Å². The fourth-order valence-electron chi connectivity index (χ4n) is 7.43. The van der Waals surface area contributed by atoms with Gasteiger partial charge < -0.3 is 24.1 Å². The number of benzene rings is 2. The number of oxazole rings is 1. The van der Waals surface area contributed by atoms with Gasteiger partial charge in [0.25, 0.3) is 5.91 Å². The average molecular weight is 710 g/mol. The van der Waals surface area contributed by atoms with Gasteiger partial charge in [0, 0.05) is 43.9 Å². The predicted octanol–water partition coefficient (Wildman–Crippen LogP) is 5.28. The Hall–Kier alpha value is -5.18. The molecule has 50 heavy (non-hydrogen) atoms. The lowest BCUT2D eigenvalue weighted by Gasteiger charge is -2.40. The molecule has 7 rings (SSSR count). The van der Waals surface area contributed by atoms with Crippen molar-refractivity contribution in [2.24, 2.45) is 0 Å².